The fourth-order valence-electron chi connectivity index (χ4n) is 3.93. The third-order valence-corrected chi connectivity index (χ3v) is 5.33. The van der Waals surface area contributed by atoms with Crippen molar-refractivity contribution in [2.24, 2.45) is 0 Å². The highest BCUT2D eigenvalue weighted by molar-refractivity contribution is 5.92. The van der Waals surface area contributed by atoms with Crippen molar-refractivity contribution in [1.29, 1.82) is 0 Å². The Kier molecular flexibility index (Phi) is 4.83. The molecule has 8 nitrogen and oxygen atoms in total. The lowest BCUT2D eigenvalue weighted by Crippen LogP contribution is -2.47. The summed E-state index contributed by atoms with van der Waals surface area (Å²) in [5.74, 6) is -0.187. The first-order valence-corrected chi connectivity index (χ1v) is 9.29. The van der Waals surface area contributed by atoms with Crippen LogP contribution in [0.25, 0.3) is 0 Å². The van der Waals surface area contributed by atoms with Gasteiger partial charge in [-0.25, -0.2) is 4.98 Å². The van der Waals surface area contributed by atoms with E-state index < -0.39 is 0 Å². The summed E-state index contributed by atoms with van der Waals surface area (Å²) in [6, 6.07) is 3.32. The van der Waals surface area contributed by atoms with Gasteiger partial charge in [-0.2, -0.15) is 5.10 Å². The number of rotatable bonds is 3. The van der Waals surface area contributed by atoms with Crippen molar-refractivity contribution >= 4 is 5.91 Å². The van der Waals surface area contributed by atoms with Crippen molar-refractivity contribution < 1.29 is 4.79 Å². The van der Waals surface area contributed by atoms with Gasteiger partial charge in [-0.1, -0.05) is 6.42 Å². The number of hydrogen-bond donors (Lipinski definition) is 1. The van der Waals surface area contributed by atoms with Crippen LogP contribution in [0.5, 0.6) is 0 Å². The Morgan fingerprint density at radius 3 is 2.88 bits per heavy atom. The van der Waals surface area contributed by atoms with Crippen LogP contribution in [0.4, 0.5) is 0 Å². The lowest BCUT2D eigenvalue weighted by Gasteiger charge is -2.35. The van der Waals surface area contributed by atoms with Crippen molar-refractivity contribution in [2.75, 3.05) is 19.6 Å². The lowest BCUT2D eigenvalue weighted by atomic mass is 10.1. The molecule has 0 saturated carbocycles. The fraction of sp³-hybridized carbons (Fsp3) is 0.556. The van der Waals surface area contributed by atoms with Gasteiger partial charge in [-0.05, 0) is 38.4 Å². The molecule has 2 aromatic rings. The number of amides is 1. The predicted octanol–water partition coefficient (Wildman–Crippen LogP) is 0.867. The van der Waals surface area contributed by atoms with Crippen molar-refractivity contribution in [2.45, 2.75) is 44.8 Å². The summed E-state index contributed by atoms with van der Waals surface area (Å²) in [4.78, 5) is 35.6. The number of piperidine rings is 1. The molecule has 1 saturated heterocycles. The Morgan fingerprint density at radius 2 is 2.08 bits per heavy atom. The smallest absolute Gasteiger partial charge is 0.273 e. The van der Waals surface area contributed by atoms with Crippen LogP contribution in [-0.4, -0.2) is 61.1 Å². The van der Waals surface area contributed by atoms with Gasteiger partial charge in [0, 0.05) is 31.4 Å². The molecule has 2 aromatic heterocycles. The molecule has 1 amide bonds. The second-order valence-corrected chi connectivity index (χ2v) is 7.08. The number of carbonyl (C=O) groups is 1. The van der Waals surface area contributed by atoms with E-state index in [1.807, 2.05) is 15.6 Å². The molecule has 0 radical (unpaired) electrons. The zero-order chi connectivity index (χ0) is 17.9. The van der Waals surface area contributed by atoms with E-state index in [2.05, 4.69) is 20.0 Å². The van der Waals surface area contributed by atoms with E-state index in [0.29, 0.717) is 6.54 Å². The number of H-pyrrole nitrogens is 1. The highest BCUT2D eigenvalue weighted by Gasteiger charge is 2.31. The molecular weight excluding hydrogens is 332 g/mol. The topological polar surface area (TPSA) is 87.1 Å². The third kappa shape index (κ3) is 3.55. The number of fused-ring (bicyclic) bond motifs is 1. The maximum absolute atomic E-state index is 13.2. The van der Waals surface area contributed by atoms with Crippen LogP contribution in [0.1, 0.15) is 41.9 Å². The molecule has 1 fully saturated rings. The average Bonchev–Trinajstić information content (AvgIpc) is 3.04. The predicted molar refractivity (Wildman–Crippen MR) is 95.7 cm³/mol. The van der Waals surface area contributed by atoms with E-state index >= 15 is 0 Å². The highest BCUT2D eigenvalue weighted by atomic mass is 16.2. The number of nitrogens with zero attached hydrogens (tertiary/aromatic N) is 5. The molecule has 26 heavy (non-hydrogen) atoms. The van der Waals surface area contributed by atoms with Crippen LogP contribution < -0.4 is 5.56 Å². The van der Waals surface area contributed by atoms with Crippen LogP contribution in [0.2, 0.25) is 0 Å². The number of aromatic amines is 1. The summed E-state index contributed by atoms with van der Waals surface area (Å²) in [6.45, 7) is 4.33. The summed E-state index contributed by atoms with van der Waals surface area (Å²) in [7, 11) is 0. The van der Waals surface area contributed by atoms with Crippen molar-refractivity contribution in [3.63, 3.8) is 0 Å². The molecule has 2 aliphatic heterocycles. The molecule has 138 valence electrons. The minimum absolute atomic E-state index is 0.0865. The first-order chi connectivity index (χ1) is 12.7. The molecule has 4 rings (SSSR count). The number of aromatic nitrogens is 4. The first kappa shape index (κ1) is 17.0. The number of likely N-dealkylation sites (tertiary alicyclic amines) is 1. The molecule has 0 bridgehead atoms. The summed E-state index contributed by atoms with van der Waals surface area (Å²) in [5.41, 5.74) is 0.908. The summed E-state index contributed by atoms with van der Waals surface area (Å²) >= 11 is 0. The molecule has 8 heteroatoms. The summed E-state index contributed by atoms with van der Waals surface area (Å²) in [6.07, 6.45) is 7.64. The van der Waals surface area contributed by atoms with Gasteiger partial charge in [-0.15, -0.1) is 0 Å². The Labute approximate surface area is 151 Å². The van der Waals surface area contributed by atoms with E-state index in [1.54, 1.807) is 6.20 Å². The molecule has 2 aliphatic rings. The van der Waals surface area contributed by atoms with Crippen molar-refractivity contribution in [1.82, 2.24) is 29.5 Å². The average molecular weight is 356 g/mol. The largest absolute Gasteiger partial charge is 0.327 e. The Hall–Kier alpha value is -2.48. The van der Waals surface area contributed by atoms with E-state index in [-0.39, 0.29) is 23.2 Å². The molecule has 0 spiro atoms. The van der Waals surface area contributed by atoms with Crippen molar-refractivity contribution in [3.8, 4) is 0 Å². The monoisotopic (exact) mass is 356 g/mol. The number of nitrogens with one attached hydrogen (secondary N) is 1. The number of carbonyl (C=O) groups excluding carboxylic acids is 1. The molecular formula is C18H24N6O2. The zero-order valence-corrected chi connectivity index (χ0v) is 14.8. The zero-order valence-electron chi connectivity index (χ0n) is 14.8. The molecule has 0 unspecified atom stereocenters. The van der Waals surface area contributed by atoms with Gasteiger partial charge in [0.2, 0.25) is 0 Å². The minimum atomic E-state index is -0.309. The van der Waals surface area contributed by atoms with Crippen LogP contribution in [0.15, 0.2) is 29.5 Å². The van der Waals surface area contributed by atoms with Crippen LogP contribution in [-0.2, 0) is 13.1 Å². The second-order valence-electron chi connectivity index (χ2n) is 7.08. The molecule has 0 aromatic carbocycles. The second kappa shape index (κ2) is 7.41. The van der Waals surface area contributed by atoms with Gasteiger partial charge in [0.05, 0.1) is 18.6 Å². The van der Waals surface area contributed by atoms with Gasteiger partial charge >= 0.3 is 0 Å². The van der Waals surface area contributed by atoms with Crippen LogP contribution >= 0.6 is 0 Å². The molecule has 1 atom stereocenters. The van der Waals surface area contributed by atoms with E-state index in [4.69, 9.17) is 0 Å². The van der Waals surface area contributed by atoms with Crippen LogP contribution in [0.3, 0.4) is 0 Å². The standard InChI is InChI=1S/C18H24N6O2/c25-17-10-16(19-13-20-17)18(26)23-12-15-4-6-21-24(15)9-5-14(23)11-22-7-2-1-3-8-22/h4,6,10,13-14H,1-3,5,7-9,11-12H2,(H,19,20,25)/t14-/m0/s1. The summed E-state index contributed by atoms with van der Waals surface area (Å²) in [5, 5.41) is 4.37. The Balaban J connectivity index is 1.60. The third-order valence-electron chi connectivity index (χ3n) is 5.33. The molecule has 4 heterocycles. The molecule has 1 N–H and O–H groups in total. The van der Waals surface area contributed by atoms with Gasteiger partial charge in [-0.3, -0.25) is 14.3 Å². The van der Waals surface area contributed by atoms with Crippen molar-refractivity contribution in [3.05, 3.63) is 46.4 Å². The van der Waals surface area contributed by atoms with Gasteiger partial charge < -0.3 is 14.8 Å². The first-order valence-electron chi connectivity index (χ1n) is 9.29. The van der Waals surface area contributed by atoms with E-state index in [0.717, 1.165) is 38.3 Å². The summed E-state index contributed by atoms with van der Waals surface area (Å²) < 4.78 is 1.97. The lowest BCUT2D eigenvalue weighted by molar-refractivity contribution is 0.0582. The normalized spacial score (nSPS) is 21.2. The number of aryl methyl sites for hydroxylation is 1. The SMILES string of the molecule is O=C(c1cc(=O)[nH]cn1)N1Cc2ccnn2CC[C@H]1CN1CCCCC1. The van der Waals surface area contributed by atoms with Gasteiger partial charge in [0.15, 0.2) is 0 Å². The quantitative estimate of drug-likeness (QED) is 0.882. The maximum Gasteiger partial charge on any atom is 0.273 e. The number of hydrogen-bond acceptors (Lipinski definition) is 5. The highest BCUT2D eigenvalue weighted by Crippen LogP contribution is 2.21. The molecule has 0 aliphatic carbocycles. The maximum atomic E-state index is 13.2. The minimum Gasteiger partial charge on any atom is -0.327 e. The van der Waals surface area contributed by atoms with E-state index in [9.17, 15) is 9.59 Å². The van der Waals surface area contributed by atoms with E-state index in [1.165, 1.54) is 31.7 Å². The Morgan fingerprint density at radius 1 is 1.23 bits per heavy atom. The van der Waals surface area contributed by atoms with Crippen LogP contribution in [0, 0.1) is 0 Å². The van der Waals surface area contributed by atoms with Gasteiger partial charge in [0.1, 0.15) is 5.69 Å². The fourth-order valence-corrected chi connectivity index (χ4v) is 3.93. The Bertz CT molecular complexity index is 823. The van der Waals surface area contributed by atoms with Gasteiger partial charge in [0.25, 0.3) is 11.5 Å².